The molecule has 0 saturated carbocycles. The number of hydrogen-bond donors (Lipinski definition) is 1. The maximum Gasteiger partial charge on any atom is 0.0703 e. The molecule has 1 rings (SSSR count). The van der Waals surface area contributed by atoms with Crippen LogP contribution in [0, 0.1) is 0 Å². The van der Waals surface area contributed by atoms with Crippen molar-refractivity contribution in [2.45, 2.75) is 18.9 Å². The third-order valence-corrected chi connectivity index (χ3v) is 1.61. The highest BCUT2D eigenvalue weighted by Crippen LogP contribution is 2.10. The molecule has 0 aromatic rings. The van der Waals surface area contributed by atoms with Gasteiger partial charge in [0.25, 0.3) is 0 Å². The normalized spacial score (nSPS) is 28.9. The van der Waals surface area contributed by atoms with E-state index in [9.17, 15) is 0 Å². The van der Waals surface area contributed by atoms with Crippen molar-refractivity contribution in [2.24, 2.45) is 0 Å². The summed E-state index contributed by atoms with van der Waals surface area (Å²) in [6, 6.07) is 0. The van der Waals surface area contributed by atoms with E-state index in [0.717, 1.165) is 13.2 Å². The van der Waals surface area contributed by atoms with Crippen LogP contribution < -0.4 is 5.09 Å². The Morgan fingerprint density at radius 3 is 3.12 bits per heavy atom. The van der Waals surface area contributed by atoms with E-state index in [1.165, 1.54) is 12.8 Å². The Bertz CT molecular complexity index is 63.4. The lowest BCUT2D eigenvalue weighted by Crippen LogP contribution is -2.18. The van der Waals surface area contributed by atoms with E-state index in [1.54, 1.807) is 0 Å². The molecule has 1 saturated heterocycles. The van der Waals surface area contributed by atoms with Gasteiger partial charge in [0.1, 0.15) is 0 Å². The van der Waals surface area contributed by atoms with Gasteiger partial charge in [-0.25, -0.2) is 0 Å². The predicted octanol–water partition coefficient (Wildman–Crippen LogP) is 0.545. The number of ether oxygens (including phenoxy) is 1. The van der Waals surface area contributed by atoms with Gasteiger partial charge in [-0.3, -0.25) is 5.09 Å². The zero-order valence-corrected chi connectivity index (χ0v) is 6.05. The molecule has 1 fully saturated rings. The Balaban J connectivity index is 2.06. The first-order valence-corrected chi connectivity index (χ1v) is 3.56. The molecule has 48 valence electrons. The summed E-state index contributed by atoms with van der Waals surface area (Å²) >= 11 is 0. The first-order chi connectivity index (χ1) is 3.93. The van der Waals surface area contributed by atoms with Crippen LogP contribution in [0.4, 0.5) is 0 Å². The molecule has 8 heavy (non-hydrogen) atoms. The lowest BCUT2D eigenvalue weighted by Gasteiger charge is -2.05. The van der Waals surface area contributed by atoms with Crippen LogP contribution in [0.3, 0.4) is 0 Å². The number of hydrogen-bond acceptors (Lipinski definition) is 2. The van der Waals surface area contributed by atoms with Crippen LogP contribution in [0.15, 0.2) is 0 Å². The molecule has 3 heteroatoms. The third-order valence-electron chi connectivity index (χ3n) is 1.37. The van der Waals surface area contributed by atoms with Gasteiger partial charge in [-0.1, -0.05) is 9.39 Å². The average molecular weight is 133 g/mol. The van der Waals surface area contributed by atoms with E-state index in [-0.39, 0.29) is 0 Å². The Hall–Kier alpha value is 0.350. The maximum atomic E-state index is 5.32. The summed E-state index contributed by atoms with van der Waals surface area (Å²) in [7, 11) is 2.48. The van der Waals surface area contributed by atoms with Crippen LogP contribution in [-0.4, -0.2) is 19.3 Å². The summed E-state index contributed by atoms with van der Waals surface area (Å²) in [6.07, 6.45) is 2.94. The number of rotatable bonds is 2. The minimum Gasteiger partial charge on any atom is -0.377 e. The molecule has 0 spiro atoms. The van der Waals surface area contributed by atoms with Gasteiger partial charge in [0.2, 0.25) is 0 Å². The summed E-state index contributed by atoms with van der Waals surface area (Å²) < 4.78 is 5.32. The highest BCUT2D eigenvalue weighted by atomic mass is 31.0. The zero-order chi connectivity index (χ0) is 5.82. The largest absolute Gasteiger partial charge is 0.377 e. The second kappa shape index (κ2) is 3.39. The van der Waals surface area contributed by atoms with Crippen LogP contribution in [0.5, 0.6) is 0 Å². The molecule has 1 aliphatic rings. The van der Waals surface area contributed by atoms with Gasteiger partial charge < -0.3 is 4.74 Å². The van der Waals surface area contributed by atoms with Gasteiger partial charge in [-0.05, 0) is 12.8 Å². The predicted molar refractivity (Wildman–Crippen MR) is 36.7 cm³/mol. The standard InChI is InChI=1S/C5H12NOP/c8-6-4-5-2-1-3-7-5/h5-6H,1-4,8H2. The SMILES string of the molecule is PNCC1CCCO1. The lowest BCUT2D eigenvalue weighted by atomic mass is 10.2. The van der Waals surface area contributed by atoms with Gasteiger partial charge in [-0.2, -0.15) is 0 Å². The summed E-state index contributed by atoms with van der Waals surface area (Å²) in [4.78, 5) is 0. The van der Waals surface area contributed by atoms with Crippen LogP contribution in [-0.2, 0) is 4.74 Å². The maximum absolute atomic E-state index is 5.32. The molecular formula is C5H12NOP. The smallest absolute Gasteiger partial charge is 0.0703 e. The van der Waals surface area contributed by atoms with Crippen LogP contribution in [0.25, 0.3) is 0 Å². The fraction of sp³-hybridized carbons (Fsp3) is 1.00. The quantitative estimate of drug-likeness (QED) is 0.555. The van der Waals surface area contributed by atoms with Gasteiger partial charge in [0.15, 0.2) is 0 Å². The first kappa shape index (κ1) is 6.47. The molecule has 0 aromatic heterocycles. The van der Waals surface area contributed by atoms with Crippen LogP contribution in [0.2, 0.25) is 0 Å². The minimum atomic E-state index is 0.479. The Morgan fingerprint density at radius 1 is 1.75 bits per heavy atom. The van der Waals surface area contributed by atoms with Crippen molar-refractivity contribution in [3.63, 3.8) is 0 Å². The molecule has 1 aliphatic heterocycles. The van der Waals surface area contributed by atoms with Gasteiger partial charge >= 0.3 is 0 Å². The molecule has 2 unspecified atom stereocenters. The van der Waals surface area contributed by atoms with Crippen LogP contribution in [0.1, 0.15) is 12.8 Å². The van der Waals surface area contributed by atoms with E-state index in [0.29, 0.717) is 6.10 Å². The first-order valence-electron chi connectivity index (χ1n) is 2.98. The molecule has 2 nitrogen and oxygen atoms in total. The van der Waals surface area contributed by atoms with Crippen molar-refractivity contribution in [2.75, 3.05) is 13.2 Å². The molecule has 0 radical (unpaired) electrons. The van der Waals surface area contributed by atoms with Gasteiger partial charge in [0.05, 0.1) is 6.10 Å². The number of nitrogens with one attached hydrogen (secondary N) is 1. The van der Waals surface area contributed by atoms with E-state index < -0.39 is 0 Å². The summed E-state index contributed by atoms with van der Waals surface area (Å²) in [6.45, 7) is 1.93. The zero-order valence-electron chi connectivity index (χ0n) is 4.89. The topological polar surface area (TPSA) is 21.3 Å². The highest BCUT2D eigenvalue weighted by Gasteiger charge is 2.13. The van der Waals surface area contributed by atoms with Gasteiger partial charge in [0, 0.05) is 13.2 Å². The van der Waals surface area contributed by atoms with E-state index in [4.69, 9.17) is 4.74 Å². The average Bonchev–Trinajstić information content (AvgIpc) is 2.19. The molecule has 2 atom stereocenters. The van der Waals surface area contributed by atoms with Crippen molar-refractivity contribution >= 4 is 9.39 Å². The highest BCUT2D eigenvalue weighted by molar-refractivity contribution is 7.13. The second-order valence-electron chi connectivity index (χ2n) is 2.04. The van der Waals surface area contributed by atoms with Crippen molar-refractivity contribution < 1.29 is 4.74 Å². The van der Waals surface area contributed by atoms with Crippen molar-refractivity contribution in [3.05, 3.63) is 0 Å². The summed E-state index contributed by atoms with van der Waals surface area (Å²) in [5.41, 5.74) is 0. The minimum absolute atomic E-state index is 0.479. The third kappa shape index (κ3) is 1.70. The molecule has 1 N–H and O–H groups in total. The van der Waals surface area contributed by atoms with Crippen molar-refractivity contribution in [1.82, 2.24) is 5.09 Å². The van der Waals surface area contributed by atoms with E-state index in [1.807, 2.05) is 0 Å². The molecule has 0 amide bonds. The molecular weight excluding hydrogens is 121 g/mol. The molecule has 0 aromatic carbocycles. The van der Waals surface area contributed by atoms with E-state index >= 15 is 0 Å². The summed E-state index contributed by atoms with van der Waals surface area (Å²) in [5, 5.41) is 3.00. The second-order valence-corrected chi connectivity index (χ2v) is 2.45. The Kier molecular flexibility index (Phi) is 2.74. The molecule has 1 heterocycles. The Labute approximate surface area is 52.2 Å². The van der Waals surface area contributed by atoms with Crippen molar-refractivity contribution in [3.8, 4) is 0 Å². The van der Waals surface area contributed by atoms with Crippen molar-refractivity contribution in [1.29, 1.82) is 0 Å². The Morgan fingerprint density at radius 2 is 2.62 bits per heavy atom. The fourth-order valence-corrected chi connectivity index (χ4v) is 1.20. The molecule has 0 aliphatic carbocycles. The van der Waals surface area contributed by atoms with Crippen LogP contribution >= 0.6 is 9.39 Å². The molecule has 0 bridgehead atoms. The monoisotopic (exact) mass is 133 g/mol. The fourth-order valence-electron chi connectivity index (χ4n) is 0.937. The summed E-state index contributed by atoms with van der Waals surface area (Å²) in [5.74, 6) is 0. The van der Waals surface area contributed by atoms with E-state index in [2.05, 4.69) is 14.5 Å². The van der Waals surface area contributed by atoms with Gasteiger partial charge in [-0.15, -0.1) is 0 Å². The lowest BCUT2D eigenvalue weighted by molar-refractivity contribution is 0.115.